The number of nitrogens with zero attached hydrogens (tertiary/aromatic N) is 2. The largest absolute Gasteiger partial charge is 0.356 e. The normalized spacial score (nSPS) is 10.7. The molecule has 0 aliphatic carbocycles. The highest BCUT2D eigenvalue weighted by molar-refractivity contribution is 5.37. The minimum absolute atomic E-state index is 0.0836. The molecule has 0 aliphatic heterocycles. The number of rotatable bonds is 4. The van der Waals surface area contributed by atoms with Crippen LogP contribution in [0, 0.1) is 12.8 Å². The summed E-state index contributed by atoms with van der Waals surface area (Å²) in [6.45, 7) is 9.97. The lowest BCUT2D eigenvalue weighted by atomic mass is 10.2. The van der Waals surface area contributed by atoms with Crippen molar-refractivity contribution in [3.63, 3.8) is 0 Å². The smallest absolute Gasteiger partial charge is 0.252 e. The van der Waals surface area contributed by atoms with Gasteiger partial charge < -0.3 is 9.88 Å². The average molecular weight is 209 g/mol. The summed E-state index contributed by atoms with van der Waals surface area (Å²) in [4.78, 5) is 20.4. The van der Waals surface area contributed by atoms with Crippen LogP contribution in [0.5, 0.6) is 0 Å². The summed E-state index contributed by atoms with van der Waals surface area (Å²) in [5.41, 5.74) is -0.0836. The zero-order chi connectivity index (χ0) is 11.4. The second-order valence-electron chi connectivity index (χ2n) is 4.12. The van der Waals surface area contributed by atoms with Crippen molar-refractivity contribution in [3.05, 3.63) is 22.2 Å². The van der Waals surface area contributed by atoms with Gasteiger partial charge in [0.1, 0.15) is 11.6 Å². The Morgan fingerprint density at radius 2 is 2.20 bits per heavy atom. The molecule has 1 heterocycles. The topological polar surface area (TPSA) is 49.0 Å². The number of hydrogen-bond acceptors (Lipinski definition) is 3. The van der Waals surface area contributed by atoms with E-state index in [9.17, 15) is 4.79 Å². The Hall–Kier alpha value is -1.32. The Bertz CT molecular complexity index is 370. The van der Waals surface area contributed by atoms with Gasteiger partial charge in [0.25, 0.3) is 5.56 Å². The van der Waals surface area contributed by atoms with Gasteiger partial charge >= 0.3 is 0 Å². The van der Waals surface area contributed by atoms with Crippen LogP contribution in [0.25, 0.3) is 0 Å². The van der Waals surface area contributed by atoms with Gasteiger partial charge in [-0.1, -0.05) is 13.8 Å². The molecule has 0 spiro atoms. The van der Waals surface area contributed by atoms with E-state index in [0.29, 0.717) is 11.7 Å². The van der Waals surface area contributed by atoms with E-state index in [0.717, 1.165) is 18.9 Å². The molecule has 0 aliphatic rings. The molecule has 0 saturated heterocycles. The predicted molar refractivity (Wildman–Crippen MR) is 62.3 cm³/mol. The van der Waals surface area contributed by atoms with E-state index in [2.05, 4.69) is 35.6 Å². The number of hydrogen-bond donors (Lipinski definition) is 1. The lowest BCUT2D eigenvalue weighted by Crippen LogP contribution is -2.29. The lowest BCUT2D eigenvalue weighted by Gasteiger charge is -2.23. The number of H-pyrrole nitrogens is 1. The summed E-state index contributed by atoms with van der Waals surface area (Å²) in [6, 6.07) is 1.55. The summed E-state index contributed by atoms with van der Waals surface area (Å²) < 4.78 is 0. The lowest BCUT2D eigenvalue weighted by molar-refractivity contribution is 0.613. The van der Waals surface area contributed by atoms with Gasteiger partial charge in [0.15, 0.2) is 0 Å². The molecule has 0 aromatic carbocycles. The van der Waals surface area contributed by atoms with Crippen molar-refractivity contribution >= 4 is 5.82 Å². The molecule has 1 aromatic rings. The minimum atomic E-state index is -0.0836. The first-order valence-electron chi connectivity index (χ1n) is 5.35. The third kappa shape index (κ3) is 3.38. The van der Waals surface area contributed by atoms with E-state index in [1.165, 1.54) is 0 Å². The molecular formula is C11H19N3O. The number of aromatic amines is 1. The molecule has 0 atom stereocenters. The summed E-state index contributed by atoms with van der Waals surface area (Å²) in [5.74, 6) is 2.00. The second kappa shape index (κ2) is 4.96. The van der Waals surface area contributed by atoms with Crippen molar-refractivity contribution in [1.82, 2.24) is 9.97 Å². The predicted octanol–water partition coefficient (Wildman–Crippen LogP) is 1.56. The quantitative estimate of drug-likeness (QED) is 0.818. The Morgan fingerprint density at radius 3 is 2.67 bits per heavy atom. The summed E-state index contributed by atoms with van der Waals surface area (Å²) in [6.07, 6.45) is 0. The maximum Gasteiger partial charge on any atom is 0.252 e. The van der Waals surface area contributed by atoms with E-state index in [1.54, 1.807) is 13.0 Å². The molecule has 0 fully saturated rings. The molecule has 1 aromatic heterocycles. The monoisotopic (exact) mass is 209 g/mol. The fourth-order valence-electron chi connectivity index (χ4n) is 1.55. The van der Waals surface area contributed by atoms with E-state index >= 15 is 0 Å². The van der Waals surface area contributed by atoms with Gasteiger partial charge in [-0.15, -0.1) is 0 Å². The second-order valence-corrected chi connectivity index (χ2v) is 4.12. The molecule has 1 N–H and O–H groups in total. The van der Waals surface area contributed by atoms with Crippen LogP contribution in [0.15, 0.2) is 10.9 Å². The van der Waals surface area contributed by atoms with Gasteiger partial charge in [-0.05, 0) is 19.8 Å². The van der Waals surface area contributed by atoms with Crippen LogP contribution in [0.4, 0.5) is 5.82 Å². The molecule has 84 valence electrons. The van der Waals surface area contributed by atoms with Gasteiger partial charge in [0.2, 0.25) is 0 Å². The van der Waals surface area contributed by atoms with E-state index in [1.807, 2.05) is 0 Å². The maximum atomic E-state index is 11.3. The zero-order valence-electron chi connectivity index (χ0n) is 9.87. The number of aryl methyl sites for hydroxylation is 1. The SMILES string of the molecule is CCN(CC(C)C)c1cc(=O)[nH]c(C)n1. The van der Waals surface area contributed by atoms with E-state index in [-0.39, 0.29) is 5.56 Å². The third-order valence-electron chi connectivity index (χ3n) is 2.14. The third-order valence-corrected chi connectivity index (χ3v) is 2.14. The average Bonchev–Trinajstić information content (AvgIpc) is 2.12. The van der Waals surface area contributed by atoms with Crippen LogP contribution in [-0.2, 0) is 0 Å². The van der Waals surface area contributed by atoms with Crippen LogP contribution in [0.2, 0.25) is 0 Å². The van der Waals surface area contributed by atoms with E-state index in [4.69, 9.17) is 0 Å². The molecule has 4 heteroatoms. The van der Waals surface area contributed by atoms with Crippen LogP contribution >= 0.6 is 0 Å². The molecule has 4 nitrogen and oxygen atoms in total. The zero-order valence-corrected chi connectivity index (χ0v) is 9.87. The van der Waals surface area contributed by atoms with Crippen molar-refractivity contribution < 1.29 is 0 Å². The number of anilines is 1. The van der Waals surface area contributed by atoms with Gasteiger partial charge in [-0.3, -0.25) is 4.79 Å². The highest BCUT2D eigenvalue weighted by Crippen LogP contribution is 2.09. The van der Waals surface area contributed by atoms with Crippen molar-refractivity contribution in [2.24, 2.45) is 5.92 Å². The van der Waals surface area contributed by atoms with Crippen molar-refractivity contribution in [3.8, 4) is 0 Å². The molecule has 0 saturated carbocycles. The molecule has 0 bridgehead atoms. The Labute approximate surface area is 90.3 Å². The van der Waals surface area contributed by atoms with Crippen molar-refractivity contribution in [2.75, 3.05) is 18.0 Å². The van der Waals surface area contributed by atoms with Crippen molar-refractivity contribution in [1.29, 1.82) is 0 Å². The first-order chi connectivity index (χ1) is 7.02. The maximum absolute atomic E-state index is 11.3. The summed E-state index contributed by atoms with van der Waals surface area (Å²) in [5, 5.41) is 0. The highest BCUT2D eigenvalue weighted by Gasteiger charge is 2.08. The Kier molecular flexibility index (Phi) is 3.88. The Balaban J connectivity index is 2.96. The van der Waals surface area contributed by atoms with Crippen LogP contribution in [0.1, 0.15) is 26.6 Å². The van der Waals surface area contributed by atoms with Crippen LogP contribution in [0.3, 0.4) is 0 Å². The molecule has 15 heavy (non-hydrogen) atoms. The van der Waals surface area contributed by atoms with E-state index < -0.39 is 0 Å². The van der Waals surface area contributed by atoms with Crippen molar-refractivity contribution in [2.45, 2.75) is 27.7 Å². The molecule has 0 radical (unpaired) electrons. The number of aromatic nitrogens is 2. The summed E-state index contributed by atoms with van der Waals surface area (Å²) in [7, 11) is 0. The standard InChI is InChI=1S/C11H19N3O/c1-5-14(7-8(2)3)10-6-11(15)13-9(4)12-10/h6,8H,5,7H2,1-4H3,(H,12,13,15). The van der Waals surface area contributed by atoms with Gasteiger partial charge in [-0.2, -0.15) is 0 Å². The highest BCUT2D eigenvalue weighted by atomic mass is 16.1. The van der Waals surface area contributed by atoms with Gasteiger partial charge in [0.05, 0.1) is 0 Å². The van der Waals surface area contributed by atoms with Gasteiger partial charge in [0, 0.05) is 19.2 Å². The molecule has 0 amide bonds. The van der Waals surface area contributed by atoms with Crippen LogP contribution < -0.4 is 10.5 Å². The molecule has 0 unspecified atom stereocenters. The van der Waals surface area contributed by atoms with Gasteiger partial charge in [-0.25, -0.2) is 4.98 Å². The fourth-order valence-corrected chi connectivity index (χ4v) is 1.55. The summed E-state index contributed by atoms with van der Waals surface area (Å²) >= 11 is 0. The van der Waals surface area contributed by atoms with Crippen LogP contribution in [-0.4, -0.2) is 23.1 Å². The molecular weight excluding hydrogens is 190 g/mol. The Morgan fingerprint density at radius 1 is 1.53 bits per heavy atom. The first-order valence-corrected chi connectivity index (χ1v) is 5.35. The molecule has 1 rings (SSSR count). The number of nitrogens with one attached hydrogen (secondary N) is 1. The minimum Gasteiger partial charge on any atom is -0.356 e. The first kappa shape index (κ1) is 11.8. The fraction of sp³-hybridized carbons (Fsp3) is 0.636.